The number of phenolic OH excluding ortho intramolecular Hbond substituents is 2. The molecule has 3 rings (SSSR count). The molecule has 2 amide bonds. The van der Waals surface area contributed by atoms with Crippen LogP contribution in [0.15, 0.2) is 47.8 Å². The molecule has 4 N–H and O–H groups in total. The first-order chi connectivity index (χ1) is 12.5. The monoisotopic (exact) mass is 369 g/mol. The highest BCUT2D eigenvalue weighted by Gasteiger charge is 2.05. The van der Waals surface area contributed by atoms with Crippen LogP contribution in [0.1, 0.15) is 11.3 Å². The minimum atomic E-state index is -0.300. The van der Waals surface area contributed by atoms with Gasteiger partial charge in [-0.3, -0.25) is 0 Å². The number of hydrogen-bond acceptors (Lipinski definition) is 5. The summed E-state index contributed by atoms with van der Waals surface area (Å²) in [5.74, 6) is -0.321. The van der Waals surface area contributed by atoms with Crippen LogP contribution >= 0.6 is 11.3 Å². The number of aryl methyl sites for hydroxylation is 1. The number of rotatable bonds is 5. The van der Waals surface area contributed by atoms with Crippen LogP contribution in [0.3, 0.4) is 0 Å². The van der Waals surface area contributed by atoms with Crippen LogP contribution in [-0.2, 0) is 6.42 Å². The third-order valence-electron chi connectivity index (χ3n) is 3.75. The van der Waals surface area contributed by atoms with E-state index in [4.69, 9.17) is 0 Å². The topological polar surface area (TPSA) is 94.5 Å². The van der Waals surface area contributed by atoms with E-state index in [0.29, 0.717) is 18.7 Å². The van der Waals surface area contributed by atoms with Crippen LogP contribution in [0.2, 0.25) is 0 Å². The fraction of sp³-hybridized carbons (Fsp3) is 0.158. The molecule has 2 aromatic carbocycles. The first-order valence-corrected chi connectivity index (χ1v) is 8.97. The summed E-state index contributed by atoms with van der Waals surface area (Å²) in [5, 5.41) is 27.2. The normalized spacial score (nSPS) is 10.5. The van der Waals surface area contributed by atoms with Crippen molar-refractivity contribution in [3.05, 3.63) is 59.1 Å². The Morgan fingerprint density at radius 3 is 2.54 bits per heavy atom. The third kappa shape index (κ3) is 4.52. The van der Waals surface area contributed by atoms with E-state index in [-0.39, 0.29) is 17.5 Å². The number of nitrogens with zero attached hydrogens (tertiary/aromatic N) is 1. The molecule has 0 aliphatic rings. The van der Waals surface area contributed by atoms with Crippen molar-refractivity contribution in [3.63, 3.8) is 0 Å². The molecule has 0 fully saturated rings. The van der Waals surface area contributed by atoms with E-state index in [0.717, 1.165) is 21.8 Å². The highest BCUT2D eigenvalue weighted by atomic mass is 32.1. The Bertz CT molecular complexity index is 907. The summed E-state index contributed by atoms with van der Waals surface area (Å²) in [4.78, 5) is 16.4. The van der Waals surface area contributed by atoms with Gasteiger partial charge < -0.3 is 20.8 Å². The van der Waals surface area contributed by atoms with Crippen molar-refractivity contribution in [1.29, 1.82) is 0 Å². The molecular weight excluding hydrogens is 350 g/mol. The van der Waals surface area contributed by atoms with Crippen molar-refractivity contribution in [3.8, 4) is 22.1 Å². The summed E-state index contributed by atoms with van der Waals surface area (Å²) in [6, 6.07) is 11.8. The average molecular weight is 369 g/mol. The summed E-state index contributed by atoms with van der Waals surface area (Å²) in [6.07, 6.45) is 0.545. The quantitative estimate of drug-likeness (QED) is 0.513. The number of anilines is 1. The predicted octanol–water partition coefficient (Wildman–Crippen LogP) is 3.89. The fourth-order valence-electron chi connectivity index (χ4n) is 2.40. The van der Waals surface area contributed by atoms with Gasteiger partial charge in [-0.15, -0.1) is 11.3 Å². The molecule has 1 heterocycles. The zero-order valence-electron chi connectivity index (χ0n) is 14.2. The molecule has 0 aliphatic carbocycles. The Morgan fingerprint density at radius 1 is 1.12 bits per heavy atom. The molecule has 0 radical (unpaired) electrons. The van der Waals surface area contributed by atoms with E-state index in [9.17, 15) is 15.0 Å². The van der Waals surface area contributed by atoms with Crippen molar-refractivity contribution in [1.82, 2.24) is 10.3 Å². The van der Waals surface area contributed by atoms with Crippen molar-refractivity contribution < 1.29 is 15.0 Å². The highest BCUT2D eigenvalue weighted by Crippen LogP contribution is 2.25. The van der Waals surface area contributed by atoms with Gasteiger partial charge in [-0.25, -0.2) is 9.78 Å². The lowest BCUT2D eigenvalue weighted by molar-refractivity contribution is 0.252. The van der Waals surface area contributed by atoms with E-state index in [1.165, 1.54) is 12.1 Å². The predicted molar refractivity (Wildman–Crippen MR) is 103 cm³/mol. The van der Waals surface area contributed by atoms with E-state index in [1.807, 2.05) is 36.6 Å². The second-order valence-electron chi connectivity index (χ2n) is 5.83. The van der Waals surface area contributed by atoms with Crippen LogP contribution in [-0.4, -0.2) is 27.8 Å². The number of amides is 2. The van der Waals surface area contributed by atoms with Gasteiger partial charge in [0.25, 0.3) is 0 Å². The van der Waals surface area contributed by atoms with Crippen LogP contribution in [0.25, 0.3) is 10.6 Å². The minimum absolute atomic E-state index is 0.157. The van der Waals surface area contributed by atoms with Gasteiger partial charge in [0.1, 0.15) is 5.01 Å². The van der Waals surface area contributed by atoms with Gasteiger partial charge in [-0.2, -0.15) is 0 Å². The smallest absolute Gasteiger partial charge is 0.319 e. The summed E-state index contributed by atoms with van der Waals surface area (Å²) < 4.78 is 0. The standard InChI is InChI=1S/C19H19N3O3S/c1-12-11-26-18(21-12)14-3-5-15(6-4-14)22-19(25)20-9-8-13-2-7-16(23)17(24)10-13/h2-7,10-11,23-24H,8-9H2,1H3,(H2,20,22,25). The van der Waals surface area contributed by atoms with Crippen LogP contribution < -0.4 is 10.6 Å². The zero-order valence-corrected chi connectivity index (χ0v) is 15.0. The Labute approximate surface area is 155 Å². The second kappa shape index (κ2) is 7.88. The molecule has 1 aromatic heterocycles. The highest BCUT2D eigenvalue weighted by molar-refractivity contribution is 7.13. The number of aromatic hydroxyl groups is 2. The number of hydrogen-bond donors (Lipinski definition) is 4. The minimum Gasteiger partial charge on any atom is -0.504 e. The van der Waals surface area contributed by atoms with Crippen molar-refractivity contribution in [2.45, 2.75) is 13.3 Å². The van der Waals surface area contributed by atoms with E-state index in [1.54, 1.807) is 17.4 Å². The largest absolute Gasteiger partial charge is 0.504 e. The molecule has 26 heavy (non-hydrogen) atoms. The maximum absolute atomic E-state index is 12.0. The molecule has 7 heteroatoms. The van der Waals surface area contributed by atoms with E-state index >= 15 is 0 Å². The lowest BCUT2D eigenvalue weighted by atomic mass is 10.1. The SMILES string of the molecule is Cc1csc(-c2ccc(NC(=O)NCCc3ccc(O)c(O)c3)cc2)n1. The molecule has 3 aromatic rings. The van der Waals surface area contributed by atoms with Gasteiger partial charge in [0.05, 0.1) is 0 Å². The Balaban J connectivity index is 1.49. The number of urea groups is 1. The molecule has 0 aliphatic heterocycles. The van der Waals surface area contributed by atoms with Gasteiger partial charge in [-0.05, 0) is 55.3 Å². The van der Waals surface area contributed by atoms with Crippen molar-refractivity contribution in [2.24, 2.45) is 0 Å². The summed E-state index contributed by atoms with van der Waals surface area (Å²) >= 11 is 1.59. The van der Waals surface area contributed by atoms with E-state index < -0.39 is 0 Å². The number of carbonyl (C=O) groups is 1. The number of nitrogens with one attached hydrogen (secondary N) is 2. The molecule has 6 nitrogen and oxygen atoms in total. The molecule has 0 saturated heterocycles. The number of phenols is 2. The average Bonchev–Trinajstić information content (AvgIpc) is 3.05. The summed E-state index contributed by atoms with van der Waals surface area (Å²) in [5.41, 5.74) is 3.53. The zero-order chi connectivity index (χ0) is 18.5. The van der Waals surface area contributed by atoms with Gasteiger partial charge in [-0.1, -0.05) is 6.07 Å². The van der Waals surface area contributed by atoms with Crippen molar-refractivity contribution in [2.75, 3.05) is 11.9 Å². The number of carbonyl (C=O) groups excluding carboxylic acids is 1. The van der Waals surface area contributed by atoms with Gasteiger partial charge in [0.2, 0.25) is 0 Å². The first-order valence-electron chi connectivity index (χ1n) is 8.09. The molecule has 0 atom stereocenters. The van der Waals surface area contributed by atoms with Crippen LogP contribution in [0, 0.1) is 6.92 Å². The molecule has 134 valence electrons. The number of aromatic nitrogens is 1. The number of benzene rings is 2. The molecule has 0 saturated carbocycles. The third-order valence-corrected chi connectivity index (χ3v) is 4.76. The van der Waals surface area contributed by atoms with Crippen molar-refractivity contribution >= 4 is 23.1 Å². The molecule has 0 unspecified atom stereocenters. The Hall–Kier alpha value is -3.06. The molecule has 0 bridgehead atoms. The van der Waals surface area contributed by atoms with Gasteiger partial charge in [0, 0.05) is 28.9 Å². The Morgan fingerprint density at radius 2 is 1.88 bits per heavy atom. The lowest BCUT2D eigenvalue weighted by Gasteiger charge is -2.08. The second-order valence-corrected chi connectivity index (χ2v) is 6.68. The molecular formula is C19H19N3O3S. The Kier molecular flexibility index (Phi) is 5.38. The molecule has 0 spiro atoms. The lowest BCUT2D eigenvalue weighted by Crippen LogP contribution is -2.30. The van der Waals surface area contributed by atoms with E-state index in [2.05, 4.69) is 15.6 Å². The van der Waals surface area contributed by atoms with Crippen LogP contribution in [0.5, 0.6) is 11.5 Å². The maximum Gasteiger partial charge on any atom is 0.319 e. The maximum atomic E-state index is 12.0. The van der Waals surface area contributed by atoms with Gasteiger partial charge in [0.15, 0.2) is 11.5 Å². The van der Waals surface area contributed by atoms with Gasteiger partial charge >= 0.3 is 6.03 Å². The first kappa shape index (κ1) is 17.8. The number of thiazole rings is 1. The van der Waals surface area contributed by atoms with Crippen LogP contribution in [0.4, 0.5) is 10.5 Å². The summed E-state index contributed by atoms with van der Waals surface area (Å²) in [6.45, 7) is 2.37. The summed E-state index contributed by atoms with van der Waals surface area (Å²) in [7, 11) is 0. The fourth-order valence-corrected chi connectivity index (χ4v) is 3.21.